The predicted molar refractivity (Wildman–Crippen MR) is 81.1 cm³/mol. The van der Waals surface area contributed by atoms with Gasteiger partial charge in [-0.05, 0) is 49.1 Å². The molecular formula is C16H22N2O2. The maximum absolute atomic E-state index is 10.7. The minimum atomic E-state index is -0.0689. The standard InChI is InChI=1S/C10H14O.C6H8N2O/c1-3-8-5-6-10(11)7-9(8)4-2;1-5-3-4-6(9)8(2)7-5/h5-7,11H,3-4H2,1-2H3;3-4H,1-2H3. The molecular weight excluding hydrogens is 252 g/mol. The van der Waals surface area contributed by atoms with Crippen LogP contribution < -0.4 is 5.56 Å². The first-order valence-electron chi connectivity index (χ1n) is 6.79. The normalized spacial score (nSPS) is 9.80. The molecule has 1 aromatic carbocycles. The monoisotopic (exact) mass is 274 g/mol. The topological polar surface area (TPSA) is 55.1 Å². The molecule has 20 heavy (non-hydrogen) atoms. The van der Waals surface area contributed by atoms with Gasteiger partial charge in [0.05, 0.1) is 5.69 Å². The summed E-state index contributed by atoms with van der Waals surface area (Å²) in [5.74, 6) is 0.374. The maximum atomic E-state index is 10.7. The van der Waals surface area contributed by atoms with Crippen LogP contribution in [0.25, 0.3) is 0 Å². The van der Waals surface area contributed by atoms with Gasteiger partial charge in [0.25, 0.3) is 5.56 Å². The summed E-state index contributed by atoms with van der Waals surface area (Å²) in [6.07, 6.45) is 2.04. The van der Waals surface area contributed by atoms with Crippen molar-refractivity contribution in [3.05, 3.63) is 57.5 Å². The smallest absolute Gasteiger partial charge is 0.266 e. The van der Waals surface area contributed by atoms with Crippen LogP contribution in [-0.4, -0.2) is 14.9 Å². The van der Waals surface area contributed by atoms with E-state index in [9.17, 15) is 4.79 Å². The number of aromatic nitrogens is 2. The molecule has 1 aromatic heterocycles. The Balaban J connectivity index is 0.000000204. The van der Waals surface area contributed by atoms with E-state index in [4.69, 9.17) is 5.11 Å². The van der Waals surface area contributed by atoms with Crippen LogP contribution in [0, 0.1) is 6.92 Å². The van der Waals surface area contributed by atoms with Crippen molar-refractivity contribution in [2.24, 2.45) is 7.05 Å². The largest absolute Gasteiger partial charge is 0.508 e. The average Bonchev–Trinajstić information content (AvgIpc) is 2.44. The van der Waals surface area contributed by atoms with Crippen LogP contribution in [0.3, 0.4) is 0 Å². The first-order valence-corrected chi connectivity index (χ1v) is 6.79. The Morgan fingerprint density at radius 3 is 2.25 bits per heavy atom. The molecule has 0 spiro atoms. The van der Waals surface area contributed by atoms with Crippen molar-refractivity contribution in [2.45, 2.75) is 33.6 Å². The predicted octanol–water partition coefficient (Wildman–Crippen LogP) is 2.61. The van der Waals surface area contributed by atoms with E-state index < -0.39 is 0 Å². The summed E-state index contributed by atoms with van der Waals surface area (Å²) >= 11 is 0. The van der Waals surface area contributed by atoms with Gasteiger partial charge < -0.3 is 5.11 Å². The lowest BCUT2D eigenvalue weighted by Crippen LogP contribution is -2.18. The third-order valence-electron chi connectivity index (χ3n) is 3.05. The second-order valence-electron chi connectivity index (χ2n) is 4.60. The number of hydrogen-bond donors (Lipinski definition) is 1. The molecule has 1 N–H and O–H groups in total. The average molecular weight is 274 g/mol. The lowest BCUT2D eigenvalue weighted by Gasteiger charge is -2.04. The molecule has 0 saturated carbocycles. The number of nitrogens with zero attached hydrogens (tertiary/aromatic N) is 2. The van der Waals surface area contributed by atoms with E-state index in [2.05, 4.69) is 18.9 Å². The van der Waals surface area contributed by atoms with Gasteiger partial charge in [-0.15, -0.1) is 0 Å². The Morgan fingerprint density at radius 2 is 1.75 bits per heavy atom. The van der Waals surface area contributed by atoms with Crippen molar-refractivity contribution in [3.8, 4) is 5.75 Å². The maximum Gasteiger partial charge on any atom is 0.266 e. The van der Waals surface area contributed by atoms with Crippen LogP contribution in [0.2, 0.25) is 0 Å². The van der Waals surface area contributed by atoms with E-state index >= 15 is 0 Å². The summed E-state index contributed by atoms with van der Waals surface area (Å²) in [4.78, 5) is 10.7. The number of phenolic OH excluding ortho intramolecular Hbond substituents is 1. The zero-order valence-corrected chi connectivity index (χ0v) is 12.6. The minimum absolute atomic E-state index is 0.0689. The Bertz CT molecular complexity index is 618. The van der Waals surface area contributed by atoms with E-state index in [0.717, 1.165) is 18.5 Å². The number of aromatic hydroxyl groups is 1. The van der Waals surface area contributed by atoms with Crippen LogP contribution >= 0.6 is 0 Å². The molecule has 4 heteroatoms. The third kappa shape index (κ3) is 4.53. The van der Waals surface area contributed by atoms with Crippen LogP contribution in [0.15, 0.2) is 35.1 Å². The number of aryl methyl sites for hydroxylation is 4. The molecule has 0 bridgehead atoms. The van der Waals surface area contributed by atoms with Crippen LogP contribution in [0.5, 0.6) is 5.75 Å². The van der Waals surface area contributed by atoms with Crippen molar-refractivity contribution < 1.29 is 5.11 Å². The van der Waals surface area contributed by atoms with Gasteiger partial charge in [0, 0.05) is 13.1 Å². The van der Waals surface area contributed by atoms with Crippen molar-refractivity contribution in [3.63, 3.8) is 0 Å². The number of phenols is 1. The SMILES string of the molecule is CCc1ccc(O)cc1CC.Cc1ccc(=O)n(C)n1. The summed E-state index contributed by atoms with van der Waals surface area (Å²) < 4.78 is 1.31. The molecule has 108 valence electrons. The Labute approximate surface area is 119 Å². The fraction of sp³-hybridized carbons (Fsp3) is 0.375. The molecule has 0 amide bonds. The lowest BCUT2D eigenvalue weighted by atomic mass is 10.0. The highest BCUT2D eigenvalue weighted by Gasteiger charge is 1.98. The Morgan fingerprint density at radius 1 is 1.10 bits per heavy atom. The summed E-state index contributed by atoms with van der Waals surface area (Å²) in [5, 5.41) is 13.0. The number of hydrogen-bond acceptors (Lipinski definition) is 3. The Hall–Kier alpha value is -2.10. The zero-order chi connectivity index (χ0) is 15.1. The number of rotatable bonds is 2. The van der Waals surface area contributed by atoms with Crippen LogP contribution in [0.1, 0.15) is 30.7 Å². The zero-order valence-electron chi connectivity index (χ0n) is 12.6. The minimum Gasteiger partial charge on any atom is -0.508 e. The van der Waals surface area contributed by atoms with E-state index in [1.165, 1.54) is 21.9 Å². The highest BCUT2D eigenvalue weighted by molar-refractivity contribution is 5.34. The quantitative estimate of drug-likeness (QED) is 0.916. The van der Waals surface area contributed by atoms with Gasteiger partial charge >= 0.3 is 0 Å². The summed E-state index contributed by atoms with van der Waals surface area (Å²) in [6.45, 7) is 6.08. The molecule has 0 aliphatic heterocycles. The first-order chi connectivity index (χ1) is 9.47. The Kier molecular flexibility index (Phi) is 5.97. The van der Waals surface area contributed by atoms with Crippen molar-refractivity contribution >= 4 is 0 Å². The fourth-order valence-corrected chi connectivity index (χ4v) is 1.91. The molecule has 1 heterocycles. The van der Waals surface area contributed by atoms with E-state index in [-0.39, 0.29) is 5.56 Å². The number of benzene rings is 1. The van der Waals surface area contributed by atoms with Crippen molar-refractivity contribution in [2.75, 3.05) is 0 Å². The first kappa shape index (κ1) is 16.0. The van der Waals surface area contributed by atoms with E-state index in [1.54, 1.807) is 19.2 Å². The second-order valence-corrected chi connectivity index (χ2v) is 4.60. The molecule has 2 rings (SSSR count). The molecule has 0 atom stereocenters. The molecule has 0 saturated heterocycles. The highest BCUT2D eigenvalue weighted by Crippen LogP contribution is 2.17. The highest BCUT2D eigenvalue weighted by atomic mass is 16.3. The van der Waals surface area contributed by atoms with E-state index in [0.29, 0.717) is 5.75 Å². The molecule has 0 unspecified atom stereocenters. The third-order valence-corrected chi connectivity index (χ3v) is 3.05. The summed E-state index contributed by atoms with van der Waals surface area (Å²) in [7, 11) is 1.63. The van der Waals surface area contributed by atoms with Gasteiger partial charge in [-0.3, -0.25) is 4.79 Å². The molecule has 4 nitrogen and oxygen atoms in total. The molecule has 0 aliphatic carbocycles. The van der Waals surface area contributed by atoms with Crippen molar-refractivity contribution in [1.29, 1.82) is 0 Å². The van der Waals surface area contributed by atoms with Gasteiger partial charge in [0.2, 0.25) is 0 Å². The summed E-state index contributed by atoms with van der Waals surface area (Å²) in [5.41, 5.74) is 3.38. The lowest BCUT2D eigenvalue weighted by molar-refractivity contribution is 0.474. The molecule has 0 fully saturated rings. The van der Waals surface area contributed by atoms with Gasteiger partial charge in [-0.25, -0.2) is 4.68 Å². The van der Waals surface area contributed by atoms with Gasteiger partial charge in [0.1, 0.15) is 5.75 Å². The van der Waals surface area contributed by atoms with Gasteiger partial charge in [-0.2, -0.15) is 5.10 Å². The van der Waals surface area contributed by atoms with Gasteiger partial charge in [0.15, 0.2) is 0 Å². The molecule has 2 aromatic rings. The molecule has 0 aliphatic rings. The van der Waals surface area contributed by atoms with Gasteiger partial charge in [-0.1, -0.05) is 19.9 Å². The molecule has 0 radical (unpaired) electrons. The summed E-state index contributed by atoms with van der Waals surface area (Å²) in [6, 6.07) is 8.79. The van der Waals surface area contributed by atoms with Crippen molar-refractivity contribution in [1.82, 2.24) is 9.78 Å². The van der Waals surface area contributed by atoms with E-state index in [1.807, 2.05) is 19.1 Å². The van der Waals surface area contributed by atoms with Crippen LogP contribution in [-0.2, 0) is 19.9 Å². The second kappa shape index (κ2) is 7.48. The van der Waals surface area contributed by atoms with Crippen LogP contribution in [0.4, 0.5) is 0 Å². The fourth-order valence-electron chi connectivity index (χ4n) is 1.91.